The van der Waals surface area contributed by atoms with Gasteiger partial charge in [-0.25, -0.2) is 0 Å². The molecule has 0 radical (unpaired) electrons. The first-order valence-electron chi connectivity index (χ1n) is 7.23. The minimum atomic E-state index is 0.478. The molecule has 1 aliphatic heterocycles. The lowest BCUT2D eigenvalue weighted by atomic mass is 9.86. The second-order valence-electron chi connectivity index (χ2n) is 5.94. The van der Waals surface area contributed by atoms with Crippen LogP contribution in [0, 0.1) is 5.92 Å². The smallest absolute Gasteiger partial charge is 0.0586 e. The summed E-state index contributed by atoms with van der Waals surface area (Å²) in [5, 5.41) is 0. The van der Waals surface area contributed by atoms with Crippen molar-refractivity contribution in [1.82, 2.24) is 4.90 Å². The molecule has 2 fully saturated rings. The zero-order valence-electron chi connectivity index (χ0n) is 11.4. The molecule has 0 bridgehead atoms. The summed E-state index contributed by atoms with van der Waals surface area (Å²) in [5.74, 6) is 0.849. The van der Waals surface area contributed by atoms with Gasteiger partial charge in [-0.2, -0.15) is 0 Å². The van der Waals surface area contributed by atoms with Gasteiger partial charge in [-0.05, 0) is 51.0 Å². The van der Waals surface area contributed by atoms with E-state index in [0.717, 1.165) is 18.5 Å². The molecule has 1 aliphatic carbocycles. The fourth-order valence-electron chi connectivity index (χ4n) is 3.62. The Hall–Kier alpha value is -0.120. The Labute approximate surface area is 106 Å². The van der Waals surface area contributed by atoms with Crippen molar-refractivity contribution in [3.63, 3.8) is 0 Å². The highest BCUT2D eigenvalue weighted by Crippen LogP contribution is 2.31. The Balaban J connectivity index is 1.95. The van der Waals surface area contributed by atoms with E-state index >= 15 is 0 Å². The van der Waals surface area contributed by atoms with Gasteiger partial charge in [0.25, 0.3) is 0 Å². The fourth-order valence-corrected chi connectivity index (χ4v) is 3.62. The molecule has 3 heteroatoms. The van der Waals surface area contributed by atoms with Crippen LogP contribution in [0.4, 0.5) is 0 Å². The monoisotopic (exact) mass is 240 g/mol. The number of likely N-dealkylation sites (tertiary alicyclic amines) is 1. The Kier molecular flexibility index (Phi) is 4.83. The molecule has 0 aromatic rings. The summed E-state index contributed by atoms with van der Waals surface area (Å²) >= 11 is 0. The predicted octanol–water partition coefficient (Wildman–Crippen LogP) is 2.00. The molecule has 1 heterocycles. The normalized spacial score (nSPS) is 40.4. The summed E-state index contributed by atoms with van der Waals surface area (Å²) in [4.78, 5) is 2.69. The van der Waals surface area contributed by atoms with Crippen LogP contribution in [0.25, 0.3) is 0 Å². The molecule has 2 rings (SSSR count). The van der Waals surface area contributed by atoms with Crippen molar-refractivity contribution < 1.29 is 4.74 Å². The largest absolute Gasteiger partial charge is 0.381 e. The van der Waals surface area contributed by atoms with E-state index in [2.05, 4.69) is 11.8 Å². The van der Waals surface area contributed by atoms with Crippen molar-refractivity contribution in [3.05, 3.63) is 0 Å². The third kappa shape index (κ3) is 3.21. The SMILES string of the molecule is COC1CCCC(N2CCC(C)CC2CN)C1. The van der Waals surface area contributed by atoms with E-state index in [1.165, 1.54) is 45.1 Å². The molecule has 100 valence electrons. The third-order valence-electron chi connectivity index (χ3n) is 4.70. The average Bonchev–Trinajstić information content (AvgIpc) is 2.38. The molecule has 2 aliphatic rings. The number of hydrogen-bond acceptors (Lipinski definition) is 3. The lowest BCUT2D eigenvalue weighted by Gasteiger charge is -2.45. The third-order valence-corrected chi connectivity index (χ3v) is 4.70. The second-order valence-corrected chi connectivity index (χ2v) is 5.94. The number of nitrogens with zero attached hydrogens (tertiary/aromatic N) is 1. The molecule has 0 aromatic heterocycles. The molecule has 3 nitrogen and oxygen atoms in total. The summed E-state index contributed by atoms with van der Waals surface area (Å²) < 4.78 is 5.54. The van der Waals surface area contributed by atoms with Crippen molar-refractivity contribution in [2.24, 2.45) is 11.7 Å². The average molecular weight is 240 g/mol. The Morgan fingerprint density at radius 3 is 2.76 bits per heavy atom. The van der Waals surface area contributed by atoms with Crippen LogP contribution < -0.4 is 5.73 Å². The van der Waals surface area contributed by atoms with Crippen LogP contribution in [-0.2, 0) is 4.74 Å². The molecular formula is C14H28N2O. The maximum Gasteiger partial charge on any atom is 0.0586 e. The maximum atomic E-state index is 5.96. The highest BCUT2D eigenvalue weighted by Gasteiger charge is 2.33. The van der Waals surface area contributed by atoms with Gasteiger partial charge in [-0.3, -0.25) is 4.90 Å². The quantitative estimate of drug-likeness (QED) is 0.820. The summed E-state index contributed by atoms with van der Waals surface area (Å²) in [6.07, 6.45) is 8.20. The Morgan fingerprint density at radius 1 is 1.24 bits per heavy atom. The first-order valence-corrected chi connectivity index (χ1v) is 7.23. The van der Waals surface area contributed by atoms with E-state index in [4.69, 9.17) is 10.5 Å². The van der Waals surface area contributed by atoms with Crippen LogP contribution in [0.15, 0.2) is 0 Å². The molecule has 4 unspecified atom stereocenters. The molecule has 4 atom stereocenters. The fraction of sp³-hybridized carbons (Fsp3) is 1.00. The molecule has 0 aromatic carbocycles. The van der Waals surface area contributed by atoms with Gasteiger partial charge in [0.05, 0.1) is 6.10 Å². The van der Waals surface area contributed by atoms with E-state index in [1.807, 2.05) is 7.11 Å². The minimum absolute atomic E-state index is 0.478. The van der Waals surface area contributed by atoms with Crippen LogP contribution in [0.3, 0.4) is 0 Å². The van der Waals surface area contributed by atoms with E-state index in [1.54, 1.807) is 0 Å². The molecule has 17 heavy (non-hydrogen) atoms. The maximum absolute atomic E-state index is 5.96. The van der Waals surface area contributed by atoms with Crippen LogP contribution in [-0.4, -0.2) is 43.3 Å². The summed E-state index contributed by atoms with van der Waals surface area (Å²) in [6, 6.07) is 1.33. The van der Waals surface area contributed by atoms with Gasteiger partial charge in [-0.15, -0.1) is 0 Å². The molecule has 0 spiro atoms. The molecule has 0 amide bonds. The number of ether oxygens (including phenoxy) is 1. The first kappa shape index (κ1) is 13.3. The standard InChI is InChI=1S/C14H28N2O/c1-11-6-7-16(13(8-11)10-15)12-4-3-5-14(9-12)17-2/h11-14H,3-10,15H2,1-2H3. The number of rotatable bonds is 3. The van der Waals surface area contributed by atoms with E-state index in [9.17, 15) is 0 Å². The van der Waals surface area contributed by atoms with Gasteiger partial charge in [0.2, 0.25) is 0 Å². The van der Waals surface area contributed by atoms with Gasteiger partial charge in [-0.1, -0.05) is 6.92 Å². The highest BCUT2D eigenvalue weighted by molar-refractivity contribution is 4.89. The summed E-state index contributed by atoms with van der Waals surface area (Å²) in [5.41, 5.74) is 5.96. The van der Waals surface area contributed by atoms with Crippen LogP contribution >= 0.6 is 0 Å². The molecule has 2 N–H and O–H groups in total. The van der Waals surface area contributed by atoms with Crippen molar-refractivity contribution >= 4 is 0 Å². The van der Waals surface area contributed by atoms with Crippen molar-refractivity contribution in [3.8, 4) is 0 Å². The van der Waals surface area contributed by atoms with Crippen LogP contribution in [0.5, 0.6) is 0 Å². The number of piperidine rings is 1. The van der Waals surface area contributed by atoms with Gasteiger partial charge in [0.1, 0.15) is 0 Å². The lowest BCUT2D eigenvalue weighted by Crippen LogP contribution is -2.52. The minimum Gasteiger partial charge on any atom is -0.381 e. The van der Waals surface area contributed by atoms with Gasteiger partial charge >= 0.3 is 0 Å². The van der Waals surface area contributed by atoms with Crippen LogP contribution in [0.2, 0.25) is 0 Å². The molecule has 1 saturated heterocycles. The van der Waals surface area contributed by atoms with E-state index < -0.39 is 0 Å². The van der Waals surface area contributed by atoms with Crippen molar-refractivity contribution in [1.29, 1.82) is 0 Å². The van der Waals surface area contributed by atoms with Crippen LogP contribution in [0.1, 0.15) is 45.4 Å². The predicted molar refractivity (Wildman–Crippen MR) is 71.0 cm³/mol. The van der Waals surface area contributed by atoms with Gasteiger partial charge < -0.3 is 10.5 Å². The van der Waals surface area contributed by atoms with E-state index in [-0.39, 0.29) is 0 Å². The lowest BCUT2D eigenvalue weighted by molar-refractivity contribution is -0.00125. The second kappa shape index (κ2) is 6.17. The first-order chi connectivity index (χ1) is 8.24. The zero-order valence-corrected chi connectivity index (χ0v) is 11.4. The Bertz CT molecular complexity index is 234. The topological polar surface area (TPSA) is 38.5 Å². The number of hydrogen-bond donors (Lipinski definition) is 1. The number of methoxy groups -OCH3 is 1. The van der Waals surface area contributed by atoms with E-state index in [0.29, 0.717) is 12.1 Å². The van der Waals surface area contributed by atoms with Gasteiger partial charge in [0.15, 0.2) is 0 Å². The van der Waals surface area contributed by atoms with Gasteiger partial charge in [0, 0.05) is 25.7 Å². The highest BCUT2D eigenvalue weighted by atomic mass is 16.5. The van der Waals surface area contributed by atoms with Crippen molar-refractivity contribution in [2.45, 2.75) is 63.6 Å². The summed E-state index contributed by atoms with van der Waals surface area (Å²) in [7, 11) is 1.85. The zero-order chi connectivity index (χ0) is 12.3. The molecular weight excluding hydrogens is 212 g/mol. The Morgan fingerprint density at radius 2 is 2.06 bits per heavy atom. The summed E-state index contributed by atoms with van der Waals surface area (Å²) in [6.45, 7) is 4.42. The number of nitrogens with two attached hydrogens (primary N) is 1. The molecule has 1 saturated carbocycles. The van der Waals surface area contributed by atoms with Crippen molar-refractivity contribution in [2.75, 3.05) is 20.2 Å².